The van der Waals surface area contributed by atoms with E-state index in [9.17, 15) is 19.8 Å². The largest absolute Gasteiger partial charge is 0.462 e. The highest BCUT2D eigenvalue weighted by Crippen LogP contribution is 2.47. The zero-order valence-electron chi connectivity index (χ0n) is 42.5. The van der Waals surface area contributed by atoms with Gasteiger partial charge in [0.2, 0.25) is 0 Å². The molecule has 7 aliphatic rings. The van der Waals surface area contributed by atoms with Crippen LogP contribution in [-0.4, -0.2) is 152 Å². The molecule has 0 aromatic heterocycles. The average molecular weight is 958 g/mol. The van der Waals surface area contributed by atoms with Gasteiger partial charge in [0.15, 0.2) is 18.4 Å². The van der Waals surface area contributed by atoms with Crippen LogP contribution in [0.3, 0.4) is 0 Å². The van der Waals surface area contributed by atoms with Gasteiger partial charge in [-0.25, -0.2) is 0 Å². The summed E-state index contributed by atoms with van der Waals surface area (Å²) in [5.74, 6) is -3.07. The predicted octanol–water partition coefficient (Wildman–Crippen LogP) is 6.19. The van der Waals surface area contributed by atoms with Crippen LogP contribution >= 0.6 is 0 Å². The number of nitrogens with zero attached hydrogens (tertiary/aromatic N) is 1. The van der Waals surface area contributed by atoms with Gasteiger partial charge in [-0.1, -0.05) is 70.6 Å². The molecular formula is C52H79NO15. The number of hydrogen-bond acceptors (Lipinski definition) is 16. The van der Waals surface area contributed by atoms with Gasteiger partial charge >= 0.3 is 11.9 Å². The lowest BCUT2D eigenvalue weighted by molar-refractivity contribution is -0.338. The van der Waals surface area contributed by atoms with E-state index < -0.39 is 108 Å². The first-order valence-electron chi connectivity index (χ1n) is 24.8. The third-order valence-electron chi connectivity index (χ3n) is 16.0. The van der Waals surface area contributed by atoms with Gasteiger partial charge in [-0.15, -0.1) is 5.06 Å². The van der Waals surface area contributed by atoms with Gasteiger partial charge in [-0.2, -0.15) is 0 Å². The summed E-state index contributed by atoms with van der Waals surface area (Å²) in [6.07, 6.45) is 9.00. The van der Waals surface area contributed by atoms with Crippen molar-refractivity contribution in [2.24, 2.45) is 23.7 Å². The molecule has 0 saturated carbocycles. The maximum atomic E-state index is 14.4. The van der Waals surface area contributed by atoms with Crippen molar-refractivity contribution in [1.82, 2.24) is 5.06 Å². The number of carbonyl (C=O) groups excluding carboxylic acids is 2. The summed E-state index contributed by atoms with van der Waals surface area (Å²) in [5.41, 5.74) is -0.691. The van der Waals surface area contributed by atoms with Crippen LogP contribution in [0, 0.1) is 23.7 Å². The van der Waals surface area contributed by atoms with Crippen molar-refractivity contribution in [3.05, 3.63) is 59.3 Å². The number of ether oxygens (including phenoxy) is 10. The minimum atomic E-state index is -1.85. The Hall–Kier alpha value is -2.84. The van der Waals surface area contributed by atoms with E-state index in [4.69, 9.17) is 52.2 Å². The van der Waals surface area contributed by atoms with Gasteiger partial charge in [-0.05, 0) is 69.8 Å². The number of likely N-dealkylation sites (N-methyl/N-ethyl adjacent to an activating group) is 1. The summed E-state index contributed by atoms with van der Waals surface area (Å²) in [6, 6.07) is 0. The second kappa shape index (κ2) is 21.5. The van der Waals surface area contributed by atoms with E-state index >= 15 is 0 Å². The maximum absolute atomic E-state index is 14.4. The number of rotatable bonds is 10. The molecule has 0 radical (unpaired) electrons. The van der Waals surface area contributed by atoms with Gasteiger partial charge in [0, 0.05) is 65.7 Å². The van der Waals surface area contributed by atoms with Crippen LogP contribution in [0.5, 0.6) is 0 Å². The highest BCUT2D eigenvalue weighted by molar-refractivity contribution is 5.78. The van der Waals surface area contributed by atoms with Gasteiger partial charge in [0.05, 0.1) is 49.3 Å². The molecule has 6 heterocycles. The first-order valence-corrected chi connectivity index (χ1v) is 24.8. The molecule has 16 heteroatoms. The van der Waals surface area contributed by atoms with E-state index in [1.54, 1.807) is 40.3 Å². The van der Waals surface area contributed by atoms with Gasteiger partial charge in [0.25, 0.3) is 0 Å². The van der Waals surface area contributed by atoms with Crippen molar-refractivity contribution in [3.8, 4) is 0 Å². The number of methoxy groups -OCH3 is 2. The monoisotopic (exact) mass is 958 g/mol. The summed E-state index contributed by atoms with van der Waals surface area (Å²) >= 11 is 0. The number of fused-ring (bicyclic) bond motifs is 2. The molecule has 4 unspecified atom stereocenters. The van der Waals surface area contributed by atoms with Crippen molar-refractivity contribution in [3.63, 3.8) is 0 Å². The number of hydroxylamine groups is 2. The molecule has 0 aromatic rings. The molecule has 68 heavy (non-hydrogen) atoms. The molecule has 1 spiro atoms. The van der Waals surface area contributed by atoms with Gasteiger partial charge < -0.3 is 62.4 Å². The average Bonchev–Trinajstić information content (AvgIpc) is 3.63. The van der Waals surface area contributed by atoms with Crippen LogP contribution in [0.2, 0.25) is 0 Å². The molecular weight excluding hydrogens is 879 g/mol. The number of aliphatic hydroxyl groups excluding tert-OH is 1. The fourth-order valence-electron chi connectivity index (χ4n) is 11.5. The van der Waals surface area contributed by atoms with Crippen molar-refractivity contribution in [2.45, 2.75) is 204 Å². The zero-order valence-corrected chi connectivity index (χ0v) is 42.5. The normalized spacial score (nSPS) is 44.9. The van der Waals surface area contributed by atoms with Crippen LogP contribution in [0.25, 0.3) is 0 Å². The molecule has 16 nitrogen and oxygen atoms in total. The Morgan fingerprint density at radius 3 is 2.40 bits per heavy atom. The standard InChI is InChI=1S/C52H79NO15/c1-14-28(2)46-31(5)20-21-51(67-46)26-38-23-37(66-51)19-18-30(4)45(29(3)16-15-17-36-27-60-48-44(55)32(6)22-39(49(56)63-38)52(36,48)57)64-42-24-40(58-12)47(33(7)61-42)65-43-25-41(59-13)50(10,34(8)62-43)53(11)68-35(9)54/h15-18,20-22,28-29,31,33-34,37-48,55,57H,14,19,23-27H2,1-13H3/t28?,29?,31-,33-,34-,37+,38-,39-,40-,41-,42?,43?,44+,45-,46+,47-,48+,50+,51+,52+/m0/s1. The lowest BCUT2D eigenvalue weighted by atomic mass is 9.71. The fraction of sp³-hybridized carbons (Fsp3) is 0.769. The van der Waals surface area contributed by atoms with Crippen LogP contribution in [-0.2, 0) is 61.8 Å². The molecule has 0 aromatic carbocycles. The van der Waals surface area contributed by atoms with Crippen molar-refractivity contribution in [2.75, 3.05) is 27.9 Å². The molecule has 382 valence electrons. The Morgan fingerprint density at radius 2 is 1.71 bits per heavy atom. The van der Waals surface area contributed by atoms with Crippen molar-refractivity contribution < 1.29 is 72.0 Å². The van der Waals surface area contributed by atoms with E-state index in [2.05, 4.69) is 39.8 Å². The molecule has 4 saturated heterocycles. The number of aliphatic hydroxyl groups is 2. The molecule has 4 fully saturated rings. The summed E-state index contributed by atoms with van der Waals surface area (Å²) in [4.78, 5) is 31.7. The maximum Gasteiger partial charge on any atom is 0.322 e. The zero-order chi connectivity index (χ0) is 49.5. The Balaban J connectivity index is 1.15. The first-order chi connectivity index (χ1) is 32.2. The van der Waals surface area contributed by atoms with E-state index in [1.165, 1.54) is 12.0 Å². The number of hydrogen-bond donors (Lipinski definition) is 2. The van der Waals surface area contributed by atoms with Crippen LogP contribution < -0.4 is 0 Å². The van der Waals surface area contributed by atoms with Crippen LogP contribution in [0.15, 0.2) is 59.3 Å². The quantitative estimate of drug-likeness (QED) is 0.144. The molecule has 0 amide bonds. The molecule has 2 N–H and O–H groups in total. The predicted molar refractivity (Wildman–Crippen MR) is 249 cm³/mol. The fourth-order valence-corrected chi connectivity index (χ4v) is 11.5. The highest BCUT2D eigenvalue weighted by atomic mass is 16.7. The van der Waals surface area contributed by atoms with Crippen molar-refractivity contribution in [1.29, 1.82) is 0 Å². The second-order valence-electron chi connectivity index (χ2n) is 20.7. The second-order valence-corrected chi connectivity index (χ2v) is 20.7. The van der Waals surface area contributed by atoms with E-state index in [0.717, 1.165) is 12.0 Å². The highest BCUT2D eigenvalue weighted by Gasteiger charge is 2.60. The van der Waals surface area contributed by atoms with Gasteiger partial charge in [0.1, 0.15) is 41.5 Å². The smallest absolute Gasteiger partial charge is 0.322 e. The number of allylic oxidation sites excluding steroid dienone is 2. The van der Waals surface area contributed by atoms with E-state index in [0.29, 0.717) is 36.8 Å². The summed E-state index contributed by atoms with van der Waals surface area (Å²) in [7, 11) is 4.97. The Kier molecular flexibility index (Phi) is 16.7. The summed E-state index contributed by atoms with van der Waals surface area (Å²) < 4.78 is 65.0. The molecule has 6 aliphatic heterocycles. The SMILES string of the molecule is CCC(C)[C@H]1O[C@]2(C=C[C@@H]1C)C[C@@H]1C[C@@H](CC=C(C)[C@@H](OC3C[C@H](OC)[C@@H](OC4C[C@H](OC)[C@](C)(N(C)OC(C)=O)[C@H](C)O4)[C@H](C)O3)C(C)C=CC=C3CO[C@@H]4[C@H](O)C(C)=C[C@@H](C(=O)O1)[C@]34O)O2. The summed E-state index contributed by atoms with van der Waals surface area (Å²) in [6.45, 7) is 19.5. The minimum absolute atomic E-state index is 0.0218. The number of carbonyl (C=O) groups is 2. The topological polar surface area (TPSA) is 179 Å². The molecule has 2 bridgehead atoms. The Morgan fingerprint density at radius 1 is 0.971 bits per heavy atom. The Bertz CT molecular complexity index is 1950. The van der Waals surface area contributed by atoms with E-state index in [1.807, 2.05) is 45.9 Å². The Labute approximate surface area is 403 Å². The molecule has 1 aliphatic carbocycles. The van der Waals surface area contributed by atoms with Crippen LogP contribution in [0.4, 0.5) is 0 Å². The van der Waals surface area contributed by atoms with E-state index in [-0.39, 0.29) is 36.9 Å². The molecule has 20 atom stereocenters. The van der Waals surface area contributed by atoms with Crippen molar-refractivity contribution >= 4 is 11.9 Å². The third kappa shape index (κ3) is 10.5. The lowest BCUT2D eigenvalue weighted by Gasteiger charge is -2.51. The van der Waals surface area contributed by atoms with Crippen LogP contribution in [0.1, 0.15) is 108 Å². The van der Waals surface area contributed by atoms with Gasteiger partial charge in [-0.3, -0.25) is 9.59 Å². The third-order valence-corrected chi connectivity index (χ3v) is 16.0. The first kappa shape index (κ1) is 53.0. The molecule has 7 rings (SSSR count). The lowest BCUT2D eigenvalue weighted by Crippen LogP contribution is -2.66. The summed E-state index contributed by atoms with van der Waals surface area (Å²) in [5, 5.41) is 25.3. The number of esters is 1. The minimum Gasteiger partial charge on any atom is -0.462 e.